The normalized spacial score (nSPS) is 18.3. The van der Waals surface area contributed by atoms with Crippen molar-refractivity contribution in [3.8, 4) is 0 Å². The Kier molecular flexibility index (Phi) is 8.88. The summed E-state index contributed by atoms with van der Waals surface area (Å²) in [6, 6.07) is 0. The summed E-state index contributed by atoms with van der Waals surface area (Å²) >= 11 is 0. The minimum Gasteiger partial charge on any atom is -0.378 e. The average Bonchev–Trinajstić information content (AvgIpc) is 2.68. The van der Waals surface area contributed by atoms with Crippen molar-refractivity contribution >= 4 is 6.34 Å². The minimum atomic E-state index is -0.653. The first kappa shape index (κ1) is 22.3. The summed E-state index contributed by atoms with van der Waals surface area (Å²) in [6.45, 7) is 21.3. The summed E-state index contributed by atoms with van der Waals surface area (Å²) < 4.78 is 11.4. The Hall–Kier alpha value is -1.79. The molecule has 1 fully saturated rings. The second kappa shape index (κ2) is 10.4. The van der Waals surface area contributed by atoms with Gasteiger partial charge in [-0.3, -0.25) is 4.99 Å². The number of likely N-dealkylation sites (N-methyl/N-ethyl adjacent to an activating group) is 2. The number of aliphatic imine (C=N–C) groups is 1. The van der Waals surface area contributed by atoms with Gasteiger partial charge in [-0.2, -0.15) is 0 Å². The number of morpholine rings is 1. The first-order chi connectivity index (χ1) is 12.4. The van der Waals surface area contributed by atoms with Crippen molar-refractivity contribution in [1.29, 1.82) is 0 Å². The van der Waals surface area contributed by atoms with Crippen molar-refractivity contribution in [3.05, 3.63) is 36.3 Å². The standard InChI is InChI=1S/C20H36N4O2/c1-9-21-16-22(7)20(6,25-8)17(4)19(23(10-2)11-3)18(5)24-12-14-26-15-13-24/h10,16H,2,5,9,11-15H2,1,3-4,6-8H3/b19-17-,21-16?. The highest BCUT2D eigenvalue weighted by Gasteiger charge is 2.34. The van der Waals surface area contributed by atoms with Crippen LogP contribution in [0.3, 0.4) is 0 Å². The number of methoxy groups -OCH3 is 1. The van der Waals surface area contributed by atoms with Gasteiger partial charge in [0.2, 0.25) is 0 Å². The third-order valence-electron chi connectivity index (χ3n) is 5.07. The van der Waals surface area contributed by atoms with Crippen LogP contribution in [0.1, 0.15) is 27.7 Å². The molecule has 0 radical (unpaired) electrons. The molecule has 0 aliphatic carbocycles. The smallest absolute Gasteiger partial charge is 0.162 e. The van der Waals surface area contributed by atoms with Gasteiger partial charge in [0.1, 0.15) is 0 Å². The summed E-state index contributed by atoms with van der Waals surface area (Å²) in [6.07, 6.45) is 3.67. The molecule has 1 unspecified atom stereocenters. The Bertz CT molecular complexity index is 538. The van der Waals surface area contributed by atoms with E-state index in [0.717, 1.165) is 56.4 Å². The predicted molar refractivity (Wildman–Crippen MR) is 109 cm³/mol. The van der Waals surface area contributed by atoms with Crippen molar-refractivity contribution in [1.82, 2.24) is 14.7 Å². The monoisotopic (exact) mass is 364 g/mol. The Morgan fingerprint density at radius 3 is 2.42 bits per heavy atom. The molecule has 1 aliphatic rings. The van der Waals surface area contributed by atoms with Crippen LogP contribution in [0.2, 0.25) is 0 Å². The molecular formula is C20H36N4O2. The first-order valence-electron chi connectivity index (χ1n) is 9.27. The van der Waals surface area contributed by atoms with Crippen molar-refractivity contribution in [3.63, 3.8) is 0 Å². The van der Waals surface area contributed by atoms with Crippen molar-refractivity contribution in [2.24, 2.45) is 4.99 Å². The molecule has 0 aromatic heterocycles. The molecule has 0 aromatic rings. The Morgan fingerprint density at radius 2 is 1.96 bits per heavy atom. The number of hydrogen-bond acceptors (Lipinski definition) is 5. The molecule has 0 aromatic carbocycles. The van der Waals surface area contributed by atoms with Gasteiger partial charge in [0.05, 0.1) is 30.9 Å². The van der Waals surface area contributed by atoms with E-state index in [-0.39, 0.29) is 0 Å². The second-order valence-electron chi connectivity index (χ2n) is 6.40. The second-order valence-corrected chi connectivity index (χ2v) is 6.40. The highest BCUT2D eigenvalue weighted by atomic mass is 16.5. The molecule has 0 amide bonds. The zero-order chi connectivity index (χ0) is 19.7. The van der Waals surface area contributed by atoms with Crippen LogP contribution in [0.15, 0.2) is 41.3 Å². The molecule has 6 heteroatoms. The molecular weight excluding hydrogens is 328 g/mol. The lowest BCUT2D eigenvalue weighted by Gasteiger charge is -2.42. The van der Waals surface area contributed by atoms with Gasteiger partial charge in [-0.05, 0) is 33.9 Å². The van der Waals surface area contributed by atoms with Crippen LogP contribution in [0, 0.1) is 0 Å². The van der Waals surface area contributed by atoms with Crippen molar-refractivity contribution < 1.29 is 9.47 Å². The van der Waals surface area contributed by atoms with E-state index < -0.39 is 5.72 Å². The fourth-order valence-electron chi connectivity index (χ4n) is 3.05. The maximum Gasteiger partial charge on any atom is 0.162 e. The first-order valence-corrected chi connectivity index (χ1v) is 9.27. The van der Waals surface area contributed by atoms with E-state index in [0.29, 0.717) is 0 Å². The van der Waals surface area contributed by atoms with Crippen LogP contribution in [0.25, 0.3) is 0 Å². The van der Waals surface area contributed by atoms with E-state index in [1.165, 1.54) is 0 Å². The number of ether oxygens (including phenoxy) is 2. The molecule has 0 bridgehead atoms. The molecule has 148 valence electrons. The minimum absolute atomic E-state index is 0.653. The maximum absolute atomic E-state index is 5.95. The molecule has 0 saturated carbocycles. The molecule has 1 heterocycles. The average molecular weight is 365 g/mol. The SMILES string of the molecule is C=CN(CC)/C(C(=C)N1CCOCC1)=C(/C)C(C)(OC)N(C)C=NCC. The molecule has 1 rings (SSSR count). The van der Waals surface area contributed by atoms with Crippen LogP contribution in [-0.2, 0) is 9.47 Å². The Labute approximate surface area is 159 Å². The van der Waals surface area contributed by atoms with Crippen LogP contribution in [0.5, 0.6) is 0 Å². The zero-order valence-corrected chi connectivity index (χ0v) is 17.4. The zero-order valence-electron chi connectivity index (χ0n) is 17.4. The lowest BCUT2D eigenvalue weighted by atomic mass is 9.99. The predicted octanol–water partition coefficient (Wildman–Crippen LogP) is 2.91. The summed E-state index contributed by atoms with van der Waals surface area (Å²) in [4.78, 5) is 10.7. The summed E-state index contributed by atoms with van der Waals surface area (Å²) in [5.41, 5.74) is 2.41. The Morgan fingerprint density at radius 1 is 1.35 bits per heavy atom. The van der Waals surface area contributed by atoms with Gasteiger partial charge in [0.25, 0.3) is 0 Å². The van der Waals surface area contributed by atoms with Gasteiger partial charge in [-0.15, -0.1) is 0 Å². The molecule has 26 heavy (non-hydrogen) atoms. The molecule has 1 aliphatic heterocycles. The van der Waals surface area contributed by atoms with Gasteiger partial charge >= 0.3 is 0 Å². The summed E-state index contributed by atoms with van der Waals surface area (Å²) in [7, 11) is 3.70. The van der Waals surface area contributed by atoms with Crippen LogP contribution in [0.4, 0.5) is 0 Å². The third kappa shape index (κ3) is 4.89. The van der Waals surface area contributed by atoms with E-state index in [2.05, 4.69) is 41.8 Å². The Balaban J connectivity index is 3.41. The van der Waals surface area contributed by atoms with Gasteiger partial charge < -0.3 is 24.2 Å². The van der Waals surface area contributed by atoms with Crippen LogP contribution >= 0.6 is 0 Å². The van der Waals surface area contributed by atoms with Crippen LogP contribution in [-0.4, -0.2) is 80.3 Å². The summed E-state index contributed by atoms with van der Waals surface area (Å²) in [5, 5.41) is 0. The fourth-order valence-corrected chi connectivity index (χ4v) is 3.05. The van der Waals surface area contributed by atoms with Gasteiger partial charge in [-0.25, -0.2) is 0 Å². The molecule has 0 N–H and O–H groups in total. The molecule has 6 nitrogen and oxygen atoms in total. The van der Waals surface area contributed by atoms with E-state index in [1.807, 2.05) is 38.3 Å². The quantitative estimate of drug-likeness (QED) is 0.258. The van der Waals surface area contributed by atoms with E-state index in [9.17, 15) is 0 Å². The van der Waals surface area contributed by atoms with E-state index in [1.54, 1.807) is 7.11 Å². The van der Waals surface area contributed by atoms with Gasteiger partial charge in [-0.1, -0.05) is 13.2 Å². The number of hydrogen-bond donors (Lipinski definition) is 0. The fraction of sp³-hybridized carbons (Fsp3) is 0.650. The van der Waals surface area contributed by atoms with Crippen molar-refractivity contribution in [2.75, 3.05) is 53.6 Å². The highest BCUT2D eigenvalue weighted by molar-refractivity contribution is 5.57. The highest BCUT2D eigenvalue weighted by Crippen LogP contribution is 2.32. The van der Waals surface area contributed by atoms with Gasteiger partial charge in [0.15, 0.2) is 5.72 Å². The third-order valence-corrected chi connectivity index (χ3v) is 5.07. The van der Waals surface area contributed by atoms with Crippen LogP contribution < -0.4 is 0 Å². The molecule has 0 spiro atoms. The maximum atomic E-state index is 5.95. The number of rotatable bonds is 10. The number of nitrogens with zero attached hydrogens (tertiary/aromatic N) is 4. The van der Waals surface area contributed by atoms with Gasteiger partial charge in [0, 0.05) is 45.9 Å². The summed E-state index contributed by atoms with van der Waals surface area (Å²) in [5.74, 6) is 0. The van der Waals surface area contributed by atoms with E-state index >= 15 is 0 Å². The largest absolute Gasteiger partial charge is 0.378 e. The molecule has 1 saturated heterocycles. The van der Waals surface area contributed by atoms with Crippen molar-refractivity contribution in [2.45, 2.75) is 33.4 Å². The van der Waals surface area contributed by atoms with E-state index in [4.69, 9.17) is 9.47 Å². The lowest BCUT2D eigenvalue weighted by Crippen LogP contribution is -2.48. The topological polar surface area (TPSA) is 40.5 Å². The molecule has 1 atom stereocenters. The lowest BCUT2D eigenvalue weighted by molar-refractivity contribution is -0.0462.